The van der Waals surface area contributed by atoms with Gasteiger partial charge in [-0.05, 0) is 59.5 Å². The Kier molecular flexibility index (Phi) is 9.86. The van der Waals surface area contributed by atoms with Gasteiger partial charge >= 0.3 is 12.1 Å². The van der Waals surface area contributed by atoms with Gasteiger partial charge in [-0.15, -0.1) is 0 Å². The van der Waals surface area contributed by atoms with Gasteiger partial charge in [-0.2, -0.15) is 0 Å². The first-order chi connectivity index (χ1) is 21.4. The summed E-state index contributed by atoms with van der Waals surface area (Å²) in [6.45, 7) is 0.400. The third kappa shape index (κ3) is 7.42. The zero-order valence-electron chi connectivity index (χ0n) is 24.2. The third-order valence-corrected chi connectivity index (χ3v) is 7.56. The summed E-state index contributed by atoms with van der Waals surface area (Å²) in [5.41, 5.74) is 3.03. The Morgan fingerprint density at radius 1 is 0.932 bits per heavy atom. The van der Waals surface area contributed by atoms with Crippen molar-refractivity contribution in [2.24, 2.45) is 5.92 Å². The number of cyclic esters (lactones) is 1. The number of hydrogen-bond donors (Lipinski definition) is 1. The summed E-state index contributed by atoms with van der Waals surface area (Å²) < 4.78 is 29.9. The molecule has 8 nitrogen and oxygen atoms in total. The quantitative estimate of drug-likeness (QED) is 0.179. The number of nitrogens with zero attached hydrogens (tertiary/aromatic N) is 1. The Morgan fingerprint density at radius 3 is 2.25 bits per heavy atom. The van der Waals surface area contributed by atoms with Crippen LogP contribution in [0.5, 0.6) is 5.75 Å². The van der Waals surface area contributed by atoms with Crippen molar-refractivity contribution in [2.75, 3.05) is 19.0 Å². The number of anilines is 1. The number of hydrogen-bond acceptors (Lipinski definition) is 7. The van der Waals surface area contributed by atoms with Crippen molar-refractivity contribution < 1.29 is 33.0 Å². The molecular weight excluding hydrogens is 563 g/mol. The molecule has 4 aromatic rings. The summed E-state index contributed by atoms with van der Waals surface area (Å²) in [5.74, 6) is -1.68. The molecule has 5 rings (SSSR count). The van der Waals surface area contributed by atoms with E-state index in [2.05, 4.69) is 5.32 Å². The van der Waals surface area contributed by atoms with Crippen LogP contribution in [0.4, 0.5) is 14.9 Å². The highest BCUT2D eigenvalue weighted by atomic mass is 19.1. The molecule has 226 valence electrons. The van der Waals surface area contributed by atoms with E-state index in [1.807, 2.05) is 72.8 Å². The molecular formula is C35H33FN2O6. The molecule has 1 fully saturated rings. The van der Waals surface area contributed by atoms with Gasteiger partial charge in [0.05, 0.1) is 19.1 Å². The molecule has 0 bridgehead atoms. The van der Waals surface area contributed by atoms with Crippen LogP contribution in [0, 0.1) is 11.7 Å². The molecule has 1 aliphatic rings. The number of ether oxygens (including phenoxy) is 3. The second kappa shape index (κ2) is 14.3. The predicted octanol–water partition coefficient (Wildman–Crippen LogP) is 6.85. The number of amides is 2. The summed E-state index contributed by atoms with van der Waals surface area (Å²) in [4.78, 5) is 40.8. The number of carbonyl (C=O) groups is 3. The summed E-state index contributed by atoms with van der Waals surface area (Å²) in [6, 6.07) is 30.6. The lowest BCUT2D eigenvalue weighted by atomic mass is 9.87. The maximum atomic E-state index is 14.4. The fourth-order valence-electron chi connectivity index (χ4n) is 5.23. The summed E-state index contributed by atoms with van der Waals surface area (Å²) in [7, 11) is 1.28. The normalized spacial score (nSPS) is 15.6. The van der Waals surface area contributed by atoms with Gasteiger partial charge in [0.25, 0.3) is 0 Å². The highest BCUT2D eigenvalue weighted by Crippen LogP contribution is 2.37. The monoisotopic (exact) mass is 596 g/mol. The predicted molar refractivity (Wildman–Crippen MR) is 162 cm³/mol. The van der Waals surface area contributed by atoms with E-state index in [1.165, 1.54) is 19.2 Å². The first-order valence-corrected chi connectivity index (χ1v) is 14.3. The Labute approximate surface area is 255 Å². The molecule has 3 atom stereocenters. The number of imide groups is 1. The lowest BCUT2D eigenvalue weighted by Crippen LogP contribution is -2.42. The lowest BCUT2D eigenvalue weighted by Gasteiger charge is -2.32. The van der Waals surface area contributed by atoms with Crippen LogP contribution < -0.4 is 10.1 Å². The van der Waals surface area contributed by atoms with Gasteiger partial charge in [-0.25, -0.2) is 14.1 Å². The second-order valence-electron chi connectivity index (χ2n) is 10.4. The third-order valence-electron chi connectivity index (χ3n) is 7.56. The van der Waals surface area contributed by atoms with E-state index in [0.29, 0.717) is 23.6 Å². The van der Waals surface area contributed by atoms with E-state index >= 15 is 0 Å². The molecule has 9 heteroatoms. The number of carbonyl (C=O) groups excluding carboxylic acids is 3. The summed E-state index contributed by atoms with van der Waals surface area (Å²) in [5, 5.41) is 3.36. The molecule has 0 spiro atoms. The van der Waals surface area contributed by atoms with E-state index in [1.54, 1.807) is 24.3 Å². The van der Waals surface area contributed by atoms with Crippen LogP contribution >= 0.6 is 0 Å². The number of benzene rings is 4. The highest BCUT2D eigenvalue weighted by Gasteiger charge is 2.44. The van der Waals surface area contributed by atoms with Gasteiger partial charge < -0.3 is 19.5 Å². The van der Waals surface area contributed by atoms with Gasteiger partial charge in [-0.1, -0.05) is 72.8 Å². The van der Waals surface area contributed by atoms with Crippen LogP contribution in [-0.2, 0) is 25.7 Å². The van der Waals surface area contributed by atoms with E-state index in [4.69, 9.17) is 14.2 Å². The minimum Gasteiger partial charge on any atom is -0.489 e. The van der Waals surface area contributed by atoms with Crippen LogP contribution in [0.1, 0.15) is 41.6 Å². The molecule has 1 N–H and O–H groups in total. The topological polar surface area (TPSA) is 94.2 Å². The smallest absolute Gasteiger partial charge is 0.417 e. The van der Waals surface area contributed by atoms with E-state index in [-0.39, 0.29) is 19.4 Å². The van der Waals surface area contributed by atoms with Gasteiger partial charge in [0, 0.05) is 12.1 Å². The molecule has 0 radical (unpaired) electrons. The van der Waals surface area contributed by atoms with Crippen molar-refractivity contribution >= 4 is 23.7 Å². The maximum Gasteiger partial charge on any atom is 0.417 e. The van der Waals surface area contributed by atoms with E-state index in [0.717, 1.165) is 16.0 Å². The first-order valence-electron chi connectivity index (χ1n) is 14.3. The van der Waals surface area contributed by atoms with E-state index in [9.17, 15) is 18.8 Å². The highest BCUT2D eigenvalue weighted by molar-refractivity contribution is 5.95. The fourth-order valence-corrected chi connectivity index (χ4v) is 5.23. The molecule has 1 saturated heterocycles. The van der Waals surface area contributed by atoms with Crippen molar-refractivity contribution in [3.63, 3.8) is 0 Å². The number of halogens is 1. The van der Waals surface area contributed by atoms with Crippen LogP contribution in [0.15, 0.2) is 109 Å². The average molecular weight is 597 g/mol. The van der Waals surface area contributed by atoms with Crippen LogP contribution in [-0.4, -0.2) is 36.6 Å². The van der Waals surface area contributed by atoms with Gasteiger partial charge in [-0.3, -0.25) is 9.59 Å². The molecule has 4 aromatic carbocycles. The van der Waals surface area contributed by atoms with Crippen molar-refractivity contribution in [3.8, 4) is 5.75 Å². The Morgan fingerprint density at radius 2 is 1.59 bits per heavy atom. The molecule has 1 heterocycles. The van der Waals surface area contributed by atoms with Crippen LogP contribution in [0.3, 0.4) is 0 Å². The maximum absolute atomic E-state index is 14.4. The largest absolute Gasteiger partial charge is 0.489 e. The number of rotatable bonds is 12. The van der Waals surface area contributed by atoms with Crippen LogP contribution in [0.2, 0.25) is 0 Å². The van der Waals surface area contributed by atoms with Gasteiger partial charge in [0.1, 0.15) is 30.8 Å². The van der Waals surface area contributed by atoms with Crippen molar-refractivity contribution in [1.82, 2.24) is 4.90 Å². The molecule has 2 amide bonds. The zero-order valence-corrected chi connectivity index (χ0v) is 24.2. The fraction of sp³-hybridized carbons (Fsp3) is 0.229. The number of nitrogens with one attached hydrogen (secondary N) is 1. The lowest BCUT2D eigenvalue weighted by molar-refractivity contribution is -0.141. The van der Waals surface area contributed by atoms with Gasteiger partial charge in [0.15, 0.2) is 0 Å². The van der Waals surface area contributed by atoms with E-state index < -0.39 is 41.8 Å². The molecule has 1 aliphatic heterocycles. The minimum absolute atomic E-state index is 0.0157. The van der Waals surface area contributed by atoms with Gasteiger partial charge in [0.2, 0.25) is 5.91 Å². The average Bonchev–Trinajstić information content (AvgIpc) is 3.46. The standard InChI is InChI=1S/C35H33FN2O6/c1-42-32(39)21-20-30(34(40)38-31(23-44-35(38)41)25-10-6-3-7-11-25)33(37-28-16-14-27(36)15-17-28)26-12-18-29(19-13-26)43-22-24-8-4-2-5-9-24/h2-19,30-31,33,37H,20-23H2,1H3. The molecule has 0 aliphatic carbocycles. The molecule has 0 aromatic heterocycles. The Balaban J connectivity index is 1.48. The minimum atomic E-state index is -0.910. The Hall–Kier alpha value is -5.18. The number of esters is 1. The van der Waals surface area contributed by atoms with Crippen LogP contribution in [0.25, 0.3) is 0 Å². The number of methoxy groups -OCH3 is 1. The van der Waals surface area contributed by atoms with Crippen molar-refractivity contribution in [3.05, 3.63) is 132 Å². The SMILES string of the molecule is COC(=O)CCC(C(=O)N1C(=O)OCC1c1ccccc1)C(Nc1ccc(F)cc1)c1ccc(OCc2ccccc2)cc1. The van der Waals surface area contributed by atoms with Crippen molar-refractivity contribution in [2.45, 2.75) is 31.5 Å². The Bertz CT molecular complexity index is 1550. The molecule has 44 heavy (non-hydrogen) atoms. The van der Waals surface area contributed by atoms with Crippen molar-refractivity contribution in [1.29, 1.82) is 0 Å². The first kappa shape index (κ1) is 30.3. The zero-order chi connectivity index (χ0) is 30.9. The molecule has 3 unspecified atom stereocenters. The summed E-state index contributed by atoms with van der Waals surface area (Å²) in [6.07, 6.45) is -0.745. The molecule has 0 saturated carbocycles. The summed E-state index contributed by atoms with van der Waals surface area (Å²) >= 11 is 0. The second-order valence-corrected chi connectivity index (χ2v) is 10.4.